The Morgan fingerprint density at radius 2 is 1.77 bits per heavy atom. The Labute approximate surface area is 87.5 Å². The van der Waals surface area contributed by atoms with Gasteiger partial charge in [0.25, 0.3) is 0 Å². The van der Waals surface area contributed by atoms with Crippen LogP contribution in [0.4, 0.5) is 4.79 Å². The normalized spacial score (nSPS) is 10.2. The first kappa shape index (κ1) is 15.2. The van der Waals surface area contributed by atoms with Crippen molar-refractivity contribution in [3.05, 3.63) is 0 Å². The predicted octanol–water partition coefficient (Wildman–Crippen LogP) is 2.38. The molecule has 0 aliphatic rings. The van der Waals surface area contributed by atoms with Gasteiger partial charge in [-0.3, -0.25) is 0 Å². The van der Waals surface area contributed by atoms with Gasteiger partial charge in [0.15, 0.2) is 0 Å². The fraction of sp³-hybridized carbons (Fsp3) is 0.875. The van der Waals surface area contributed by atoms with E-state index in [4.69, 9.17) is 15.0 Å². The molecule has 0 aliphatic carbocycles. The highest BCUT2D eigenvalue weighted by Crippen LogP contribution is 1.98. The summed E-state index contributed by atoms with van der Waals surface area (Å²) in [5.41, 5.74) is 0.280. The van der Waals surface area contributed by atoms with Crippen LogP contribution in [-0.2, 0) is 0 Å². The van der Waals surface area contributed by atoms with E-state index in [1.807, 2.05) is 0 Å². The van der Waals surface area contributed by atoms with Crippen molar-refractivity contribution in [2.75, 3.05) is 11.9 Å². The number of rotatable bonds is 3. The largest absolute Gasteiger partial charge is 0.503 e. The molecule has 0 heterocycles. The van der Waals surface area contributed by atoms with Gasteiger partial charge < -0.3 is 15.5 Å². The highest BCUT2D eigenvalue weighted by Gasteiger charge is 2.06. The van der Waals surface area contributed by atoms with E-state index in [2.05, 4.69) is 42.0 Å². The molecule has 0 radical (unpaired) electrons. The van der Waals surface area contributed by atoms with Crippen molar-refractivity contribution in [1.82, 2.24) is 5.32 Å². The molecular weight excluding hydrogens is 238 g/mol. The molecule has 0 amide bonds. The lowest BCUT2D eigenvalue weighted by atomic mass is 10.1. The van der Waals surface area contributed by atoms with Crippen LogP contribution in [0.25, 0.3) is 0 Å². The van der Waals surface area contributed by atoms with E-state index in [9.17, 15) is 0 Å². The number of hydrogen-bond acceptors (Lipinski definition) is 2. The van der Waals surface area contributed by atoms with Crippen molar-refractivity contribution in [2.24, 2.45) is 0 Å². The van der Waals surface area contributed by atoms with Gasteiger partial charge in [-0.15, -0.1) is 0 Å². The van der Waals surface area contributed by atoms with E-state index < -0.39 is 6.16 Å². The maximum absolute atomic E-state index is 8.56. The van der Waals surface area contributed by atoms with Gasteiger partial charge in [-0.2, -0.15) is 0 Å². The van der Waals surface area contributed by atoms with Crippen molar-refractivity contribution < 1.29 is 15.0 Å². The molecule has 0 fully saturated rings. The summed E-state index contributed by atoms with van der Waals surface area (Å²) in [4.78, 5) is 8.56. The minimum Gasteiger partial charge on any atom is -0.450 e. The van der Waals surface area contributed by atoms with Crippen LogP contribution in [0.1, 0.15) is 27.2 Å². The molecule has 0 saturated heterocycles. The van der Waals surface area contributed by atoms with Crippen LogP contribution in [0.3, 0.4) is 0 Å². The number of nitrogens with one attached hydrogen (secondary N) is 1. The molecule has 0 aliphatic heterocycles. The van der Waals surface area contributed by atoms with Gasteiger partial charge in [-0.25, -0.2) is 4.79 Å². The third kappa shape index (κ3) is 33.9. The fourth-order valence-corrected chi connectivity index (χ4v) is 0.811. The number of carboxylic acid groups (broad SMARTS) is 2. The summed E-state index contributed by atoms with van der Waals surface area (Å²) in [6.45, 7) is 7.65. The lowest BCUT2D eigenvalue weighted by Gasteiger charge is -2.19. The van der Waals surface area contributed by atoms with Crippen LogP contribution < -0.4 is 5.32 Å². The summed E-state index contributed by atoms with van der Waals surface area (Å²) >= 11 is 3.38. The van der Waals surface area contributed by atoms with E-state index >= 15 is 0 Å². The molecule has 0 atom stereocenters. The third-order valence-corrected chi connectivity index (χ3v) is 1.53. The second-order valence-corrected chi connectivity index (χ2v) is 4.29. The van der Waals surface area contributed by atoms with Gasteiger partial charge in [0.2, 0.25) is 0 Å². The lowest BCUT2D eigenvalue weighted by Crippen LogP contribution is -2.36. The zero-order valence-corrected chi connectivity index (χ0v) is 9.89. The smallest absolute Gasteiger partial charge is 0.450 e. The second kappa shape index (κ2) is 8.31. The molecule has 0 spiro atoms. The van der Waals surface area contributed by atoms with Crippen molar-refractivity contribution in [3.63, 3.8) is 0 Å². The van der Waals surface area contributed by atoms with Crippen molar-refractivity contribution in [1.29, 1.82) is 0 Å². The average Bonchev–Trinajstić information content (AvgIpc) is 1.83. The Kier molecular flexibility index (Phi) is 9.72. The summed E-state index contributed by atoms with van der Waals surface area (Å²) in [7, 11) is 0. The quantitative estimate of drug-likeness (QED) is 0.535. The first-order chi connectivity index (χ1) is 5.79. The summed E-state index contributed by atoms with van der Waals surface area (Å²) in [6, 6.07) is 0. The first-order valence-corrected chi connectivity index (χ1v) is 5.14. The Hall–Kier alpha value is -0.290. The molecule has 0 bridgehead atoms. The van der Waals surface area contributed by atoms with E-state index in [1.54, 1.807) is 0 Å². The monoisotopic (exact) mass is 255 g/mol. The number of halogens is 1. The Morgan fingerprint density at radius 1 is 1.38 bits per heavy atom. The van der Waals surface area contributed by atoms with Gasteiger partial charge in [0.05, 0.1) is 0 Å². The maximum atomic E-state index is 8.56. The predicted molar refractivity (Wildman–Crippen MR) is 56.8 cm³/mol. The minimum absolute atomic E-state index is 0.280. The van der Waals surface area contributed by atoms with Gasteiger partial charge in [-0.05, 0) is 33.7 Å². The molecule has 0 saturated carbocycles. The van der Waals surface area contributed by atoms with Crippen LogP contribution >= 0.6 is 15.9 Å². The molecule has 0 rings (SSSR count). The SMILES string of the molecule is CC(C)(C)NCCCBr.O=C(O)O. The zero-order valence-electron chi connectivity index (χ0n) is 8.30. The topological polar surface area (TPSA) is 69.6 Å². The highest BCUT2D eigenvalue weighted by molar-refractivity contribution is 9.09. The molecule has 4 nitrogen and oxygen atoms in total. The van der Waals surface area contributed by atoms with Crippen molar-refractivity contribution >= 4 is 22.1 Å². The van der Waals surface area contributed by atoms with Crippen molar-refractivity contribution in [3.8, 4) is 0 Å². The fourth-order valence-electron chi connectivity index (χ4n) is 0.530. The standard InChI is InChI=1S/C7H16BrN.CH2O3/c1-7(2,3)9-6-4-5-8;2-1(3)4/h9H,4-6H2,1-3H3;(H2,2,3,4). The number of carbonyl (C=O) groups is 1. The summed E-state index contributed by atoms with van der Waals surface area (Å²) in [5, 5.41) is 18.4. The van der Waals surface area contributed by atoms with E-state index in [0.717, 1.165) is 11.9 Å². The summed E-state index contributed by atoms with van der Waals surface area (Å²) < 4.78 is 0. The molecule has 0 aromatic carbocycles. The van der Waals surface area contributed by atoms with Gasteiger partial charge >= 0.3 is 6.16 Å². The molecular formula is C8H18BrNO3. The van der Waals surface area contributed by atoms with Gasteiger partial charge in [0, 0.05) is 10.9 Å². The van der Waals surface area contributed by atoms with Crippen LogP contribution in [0.2, 0.25) is 0 Å². The summed E-state index contributed by atoms with van der Waals surface area (Å²) in [6.07, 6.45) is -0.628. The highest BCUT2D eigenvalue weighted by atomic mass is 79.9. The van der Waals surface area contributed by atoms with Gasteiger partial charge in [-0.1, -0.05) is 15.9 Å². The Balaban J connectivity index is 0. The van der Waals surface area contributed by atoms with Crippen LogP contribution in [-0.4, -0.2) is 33.8 Å². The molecule has 0 aromatic heterocycles. The maximum Gasteiger partial charge on any atom is 0.503 e. The molecule has 13 heavy (non-hydrogen) atoms. The molecule has 3 N–H and O–H groups in total. The van der Waals surface area contributed by atoms with Crippen LogP contribution in [0, 0.1) is 0 Å². The van der Waals surface area contributed by atoms with Crippen LogP contribution in [0.5, 0.6) is 0 Å². The molecule has 5 heteroatoms. The third-order valence-electron chi connectivity index (χ3n) is 0.966. The van der Waals surface area contributed by atoms with Gasteiger partial charge in [0.1, 0.15) is 0 Å². The van der Waals surface area contributed by atoms with E-state index in [1.165, 1.54) is 6.42 Å². The first-order valence-electron chi connectivity index (χ1n) is 4.02. The Bertz CT molecular complexity index is 130. The second-order valence-electron chi connectivity index (χ2n) is 3.50. The Morgan fingerprint density at radius 3 is 2.00 bits per heavy atom. The van der Waals surface area contributed by atoms with Crippen LogP contribution in [0.15, 0.2) is 0 Å². The number of alkyl halides is 1. The molecule has 0 unspecified atom stereocenters. The molecule has 0 aromatic rings. The summed E-state index contributed by atoms with van der Waals surface area (Å²) in [5.74, 6) is 0. The number of hydrogen-bond donors (Lipinski definition) is 3. The molecule has 80 valence electrons. The van der Waals surface area contributed by atoms with Crippen molar-refractivity contribution in [2.45, 2.75) is 32.7 Å². The minimum atomic E-state index is -1.83. The van der Waals surface area contributed by atoms with E-state index in [0.29, 0.717) is 0 Å². The van der Waals surface area contributed by atoms with E-state index in [-0.39, 0.29) is 5.54 Å². The zero-order chi connectivity index (χ0) is 10.9. The lowest BCUT2D eigenvalue weighted by molar-refractivity contribution is 0.137. The average molecular weight is 256 g/mol.